The van der Waals surface area contributed by atoms with E-state index >= 15 is 0 Å². The third-order valence-corrected chi connectivity index (χ3v) is 5.82. The second-order valence-corrected chi connectivity index (χ2v) is 7.41. The van der Waals surface area contributed by atoms with Gasteiger partial charge in [-0.2, -0.15) is 0 Å². The summed E-state index contributed by atoms with van der Waals surface area (Å²) in [7, 11) is 0. The molecule has 0 aliphatic heterocycles. The van der Waals surface area contributed by atoms with Crippen LogP contribution in [0, 0.1) is 12.8 Å². The molecule has 0 amide bonds. The molecule has 1 heterocycles. The highest BCUT2D eigenvalue weighted by Gasteiger charge is 2.33. The molecule has 0 spiro atoms. The number of hydrogen-bond donors (Lipinski definition) is 1. The zero-order valence-corrected chi connectivity index (χ0v) is 12.4. The Morgan fingerprint density at radius 2 is 2.24 bits per heavy atom. The zero-order valence-electron chi connectivity index (χ0n) is 10.8. The molecule has 3 nitrogen and oxygen atoms in total. The first kappa shape index (κ1) is 13.3. The van der Waals surface area contributed by atoms with E-state index in [0.717, 1.165) is 21.8 Å². The molecule has 0 aromatic carbocycles. The van der Waals surface area contributed by atoms with Crippen molar-refractivity contribution in [1.82, 2.24) is 15.5 Å². The first-order chi connectivity index (χ1) is 8.20. The average molecular weight is 271 g/mol. The summed E-state index contributed by atoms with van der Waals surface area (Å²) in [6.45, 7) is 7.75. The monoisotopic (exact) mass is 271 g/mol. The van der Waals surface area contributed by atoms with Gasteiger partial charge in [0.15, 0.2) is 4.34 Å². The molecule has 1 N–H and O–H groups in total. The van der Waals surface area contributed by atoms with E-state index in [0.29, 0.717) is 11.3 Å². The maximum atomic E-state index is 4.21. The Bertz CT molecular complexity index is 353. The van der Waals surface area contributed by atoms with Gasteiger partial charge in [0.2, 0.25) is 0 Å². The highest BCUT2D eigenvalue weighted by atomic mass is 32.2. The Hall–Kier alpha value is -0.130. The second-order valence-electron chi connectivity index (χ2n) is 4.74. The summed E-state index contributed by atoms with van der Waals surface area (Å²) in [5.74, 6) is 0.732. The van der Waals surface area contributed by atoms with Crippen molar-refractivity contribution in [3.8, 4) is 0 Å². The van der Waals surface area contributed by atoms with E-state index in [1.165, 1.54) is 19.3 Å². The molecule has 1 saturated carbocycles. The summed E-state index contributed by atoms with van der Waals surface area (Å²) >= 11 is 3.64. The van der Waals surface area contributed by atoms with Gasteiger partial charge in [0.25, 0.3) is 0 Å². The molecule has 1 fully saturated rings. The smallest absolute Gasteiger partial charge is 0.174 e. The fourth-order valence-corrected chi connectivity index (χ4v) is 4.71. The topological polar surface area (TPSA) is 37.8 Å². The lowest BCUT2D eigenvalue weighted by Gasteiger charge is -2.20. The molecule has 96 valence electrons. The first-order valence-electron chi connectivity index (χ1n) is 6.41. The Morgan fingerprint density at radius 3 is 2.88 bits per heavy atom. The van der Waals surface area contributed by atoms with Crippen molar-refractivity contribution in [2.75, 3.05) is 6.54 Å². The predicted octanol–water partition coefficient (Wildman–Crippen LogP) is 3.11. The molecule has 1 aliphatic carbocycles. The van der Waals surface area contributed by atoms with Gasteiger partial charge in [0.1, 0.15) is 5.01 Å². The van der Waals surface area contributed by atoms with Crippen molar-refractivity contribution in [2.45, 2.75) is 55.7 Å². The third kappa shape index (κ3) is 3.42. The number of nitrogens with zero attached hydrogens (tertiary/aromatic N) is 2. The molecule has 2 rings (SSSR count). The van der Waals surface area contributed by atoms with Gasteiger partial charge in [-0.3, -0.25) is 0 Å². The predicted molar refractivity (Wildman–Crippen MR) is 74.8 cm³/mol. The van der Waals surface area contributed by atoms with Crippen molar-refractivity contribution in [1.29, 1.82) is 0 Å². The normalized spacial score (nSPS) is 28.8. The molecule has 1 aliphatic rings. The number of hydrogen-bond acceptors (Lipinski definition) is 5. The highest BCUT2D eigenvalue weighted by Crippen LogP contribution is 2.39. The van der Waals surface area contributed by atoms with Crippen LogP contribution in [0.25, 0.3) is 0 Å². The molecular formula is C12H21N3S2. The second kappa shape index (κ2) is 6.16. The van der Waals surface area contributed by atoms with Crippen molar-refractivity contribution in [2.24, 2.45) is 5.92 Å². The van der Waals surface area contributed by atoms with Crippen LogP contribution in [-0.4, -0.2) is 28.0 Å². The number of nitrogens with one attached hydrogen (secondary N) is 1. The van der Waals surface area contributed by atoms with E-state index in [4.69, 9.17) is 0 Å². The van der Waals surface area contributed by atoms with Crippen molar-refractivity contribution in [3.05, 3.63) is 5.01 Å². The van der Waals surface area contributed by atoms with Crippen LogP contribution in [0.3, 0.4) is 0 Å². The van der Waals surface area contributed by atoms with Gasteiger partial charge in [0, 0.05) is 11.3 Å². The molecule has 0 bridgehead atoms. The summed E-state index contributed by atoms with van der Waals surface area (Å²) in [5.41, 5.74) is 0. The van der Waals surface area contributed by atoms with Gasteiger partial charge in [-0.05, 0) is 38.6 Å². The van der Waals surface area contributed by atoms with Crippen LogP contribution >= 0.6 is 23.1 Å². The first-order valence-corrected chi connectivity index (χ1v) is 8.10. The van der Waals surface area contributed by atoms with Crippen LogP contribution in [0.1, 0.15) is 38.1 Å². The summed E-state index contributed by atoms with van der Waals surface area (Å²) < 4.78 is 1.13. The van der Waals surface area contributed by atoms with Gasteiger partial charge in [0.05, 0.1) is 0 Å². The molecule has 1 aromatic rings. The Morgan fingerprint density at radius 1 is 1.41 bits per heavy atom. The summed E-state index contributed by atoms with van der Waals surface area (Å²) in [6.07, 6.45) is 3.82. The lowest BCUT2D eigenvalue weighted by Crippen LogP contribution is -2.33. The van der Waals surface area contributed by atoms with E-state index in [1.54, 1.807) is 11.3 Å². The van der Waals surface area contributed by atoms with Gasteiger partial charge < -0.3 is 5.32 Å². The number of rotatable bonds is 5. The summed E-state index contributed by atoms with van der Waals surface area (Å²) in [4.78, 5) is 0. The zero-order chi connectivity index (χ0) is 12.3. The minimum absolute atomic E-state index is 0.696. The maximum absolute atomic E-state index is 4.21. The lowest BCUT2D eigenvalue weighted by atomic mass is 10.1. The van der Waals surface area contributed by atoms with Crippen LogP contribution in [-0.2, 0) is 0 Å². The maximum Gasteiger partial charge on any atom is 0.174 e. The minimum atomic E-state index is 0.696. The van der Waals surface area contributed by atoms with Crippen molar-refractivity contribution < 1.29 is 0 Å². The SMILES string of the molecule is CCCNC1CCC(Sc2nnc(C)s2)C1C. The molecule has 3 atom stereocenters. The van der Waals surface area contributed by atoms with Crippen LogP contribution in [0.4, 0.5) is 0 Å². The van der Waals surface area contributed by atoms with E-state index in [1.807, 2.05) is 18.7 Å². The van der Waals surface area contributed by atoms with Crippen LogP contribution < -0.4 is 5.32 Å². The number of aromatic nitrogens is 2. The van der Waals surface area contributed by atoms with Crippen molar-refractivity contribution in [3.63, 3.8) is 0 Å². The molecular weight excluding hydrogens is 250 g/mol. The summed E-state index contributed by atoms with van der Waals surface area (Å²) in [5, 5.41) is 13.7. The highest BCUT2D eigenvalue weighted by molar-refractivity contribution is 8.01. The lowest BCUT2D eigenvalue weighted by molar-refractivity contribution is 0.432. The van der Waals surface area contributed by atoms with E-state index in [2.05, 4.69) is 29.4 Å². The molecule has 1 aromatic heterocycles. The largest absolute Gasteiger partial charge is 0.314 e. The van der Waals surface area contributed by atoms with E-state index in [-0.39, 0.29) is 0 Å². The van der Waals surface area contributed by atoms with E-state index in [9.17, 15) is 0 Å². The fourth-order valence-electron chi connectivity index (χ4n) is 2.37. The van der Waals surface area contributed by atoms with Crippen molar-refractivity contribution >= 4 is 23.1 Å². The fraction of sp³-hybridized carbons (Fsp3) is 0.833. The molecule has 5 heteroatoms. The van der Waals surface area contributed by atoms with Crippen LogP contribution in [0.5, 0.6) is 0 Å². The molecule has 17 heavy (non-hydrogen) atoms. The quantitative estimate of drug-likeness (QED) is 0.893. The third-order valence-electron chi connectivity index (χ3n) is 3.40. The minimum Gasteiger partial charge on any atom is -0.314 e. The average Bonchev–Trinajstić information content (AvgIpc) is 2.86. The van der Waals surface area contributed by atoms with Gasteiger partial charge in [-0.15, -0.1) is 10.2 Å². The molecule has 3 unspecified atom stereocenters. The Kier molecular flexibility index (Phi) is 4.82. The number of aryl methyl sites for hydroxylation is 1. The van der Waals surface area contributed by atoms with Crippen LogP contribution in [0.2, 0.25) is 0 Å². The van der Waals surface area contributed by atoms with Gasteiger partial charge in [-0.25, -0.2) is 0 Å². The standard InChI is InChI=1S/C12H21N3S2/c1-4-7-13-10-5-6-11(8(10)2)17-12-15-14-9(3)16-12/h8,10-11,13H,4-7H2,1-3H3. The molecule has 0 radical (unpaired) electrons. The molecule has 0 saturated heterocycles. The van der Waals surface area contributed by atoms with Gasteiger partial charge >= 0.3 is 0 Å². The summed E-state index contributed by atoms with van der Waals surface area (Å²) in [6, 6.07) is 0.696. The Labute approximate surface area is 112 Å². The van der Waals surface area contributed by atoms with Crippen LogP contribution in [0.15, 0.2) is 4.34 Å². The Balaban J connectivity index is 1.86. The van der Waals surface area contributed by atoms with E-state index < -0.39 is 0 Å². The van der Waals surface area contributed by atoms with Gasteiger partial charge in [-0.1, -0.05) is 36.9 Å². The number of thioether (sulfide) groups is 1.